The molecule has 290 valence electrons. The van der Waals surface area contributed by atoms with Crippen molar-refractivity contribution < 1.29 is 4.42 Å². The highest BCUT2D eigenvalue weighted by atomic mass is 16.3. The van der Waals surface area contributed by atoms with Crippen molar-refractivity contribution in [1.82, 2.24) is 0 Å². The number of benzene rings is 5. The lowest BCUT2D eigenvalue weighted by molar-refractivity contribution is 0.504. The van der Waals surface area contributed by atoms with Crippen LogP contribution >= 0.6 is 0 Å². The van der Waals surface area contributed by atoms with E-state index in [1.54, 1.807) is 0 Å². The molecule has 0 saturated heterocycles. The Balaban J connectivity index is 1.44. The zero-order valence-corrected chi connectivity index (χ0v) is 36.5. The summed E-state index contributed by atoms with van der Waals surface area (Å²) in [6.07, 6.45) is 5.62. The molecular formula is C53H59BN2O. The Morgan fingerprint density at radius 2 is 1.00 bits per heavy atom. The van der Waals surface area contributed by atoms with E-state index in [0.717, 1.165) is 29.1 Å². The summed E-state index contributed by atoms with van der Waals surface area (Å²) in [4.78, 5) is 5.09. The van der Waals surface area contributed by atoms with Crippen molar-refractivity contribution in [2.45, 2.75) is 124 Å². The quantitative estimate of drug-likeness (QED) is 0.164. The van der Waals surface area contributed by atoms with Crippen molar-refractivity contribution in [2.75, 3.05) is 9.80 Å². The van der Waals surface area contributed by atoms with Gasteiger partial charge in [-0.1, -0.05) is 151 Å². The highest BCUT2D eigenvalue weighted by Crippen LogP contribution is 2.51. The van der Waals surface area contributed by atoms with Crippen LogP contribution in [0.1, 0.15) is 136 Å². The van der Waals surface area contributed by atoms with Crippen molar-refractivity contribution in [3.05, 3.63) is 131 Å². The summed E-state index contributed by atoms with van der Waals surface area (Å²) in [7, 11) is 0. The monoisotopic (exact) mass is 750 g/mol. The van der Waals surface area contributed by atoms with Gasteiger partial charge in [-0.2, -0.15) is 0 Å². The molecular weight excluding hydrogens is 691 g/mol. The van der Waals surface area contributed by atoms with Crippen LogP contribution in [0.5, 0.6) is 0 Å². The van der Waals surface area contributed by atoms with Crippen LogP contribution in [0.25, 0.3) is 17.0 Å². The van der Waals surface area contributed by atoms with Gasteiger partial charge in [0, 0.05) is 45.3 Å². The Bertz CT molecular complexity index is 2570. The fourth-order valence-electron chi connectivity index (χ4n) is 9.39. The first-order chi connectivity index (χ1) is 26.7. The van der Waals surface area contributed by atoms with E-state index in [2.05, 4.69) is 203 Å². The van der Waals surface area contributed by atoms with E-state index < -0.39 is 0 Å². The van der Waals surface area contributed by atoms with Gasteiger partial charge in [-0.3, -0.25) is 0 Å². The van der Waals surface area contributed by atoms with E-state index in [1.165, 1.54) is 72.3 Å². The van der Waals surface area contributed by atoms with Gasteiger partial charge < -0.3 is 14.2 Å². The Morgan fingerprint density at radius 3 is 1.49 bits per heavy atom. The van der Waals surface area contributed by atoms with Crippen LogP contribution in [0, 0.1) is 0 Å². The smallest absolute Gasteiger partial charge is 0.252 e. The molecule has 0 spiro atoms. The minimum Gasteiger partial charge on any atom is -0.458 e. The summed E-state index contributed by atoms with van der Waals surface area (Å²) in [6.45, 7) is 30.1. The van der Waals surface area contributed by atoms with E-state index in [4.69, 9.17) is 4.42 Å². The number of nitrogens with zero attached hydrogens (tertiary/aromatic N) is 2. The standard InChI is InChI=1S/C53H59BN2O/c1-32-15-14-16-39-40-31-45-46-47(49(40)57-48(32)39)56(38-25-19-34(20-26-38)51(5,6)7)44-28-22-36(53(11,12)13)30-42(44)54(46)41-29-35(52(8,9)10)21-27-43(41)55(45)37-23-17-33(18-24-37)50(2,3)4/h14,16-32H,15H2,1-13H3. The Kier molecular flexibility index (Phi) is 8.26. The second kappa shape index (κ2) is 12.5. The maximum absolute atomic E-state index is 7.24. The van der Waals surface area contributed by atoms with Gasteiger partial charge in [0.1, 0.15) is 5.76 Å². The lowest BCUT2D eigenvalue weighted by Crippen LogP contribution is -2.61. The summed E-state index contributed by atoms with van der Waals surface area (Å²) < 4.78 is 7.24. The van der Waals surface area contributed by atoms with Crippen LogP contribution in [-0.4, -0.2) is 6.71 Å². The summed E-state index contributed by atoms with van der Waals surface area (Å²) in [5, 5.41) is 1.18. The van der Waals surface area contributed by atoms with Crippen molar-refractivity contribution in [3.8, 4) is 0 Å². The Hall–Kier alpha value is -4.96. The zero-order chi connectivity index (χ0) is 40.6. The molecule has 3 heterocycles. The van der Waals surface area contributed by atoms with Crippen LogP contribution in [0.3, 0.4) is 0 Å². The molecule has 2 aliphatic heterocycles. The topological polar surface area (TPSA) is 19.6 Å². The molecule has 0 radical (unpaired) electrons. The number of hydrogen-bond donors (Lipinski definition) is 0. The molecule has 5 aromatic carbocycles. The van der Waals surface area contributed by atoms with Crippen LogP contribution in [0.15, 0.2) is 101 Å². The highest BCUT2D eigenvalue weighted by molar-refractivity contribution is 7.00. The zero-order valence-electron chi connectivity index (χ0n) is 36.5. The number of allylic oxidation sites excluding steroid dienone is 1. The lowest BCUT2D eigenvalue weighted by atomic mass is 9.33. The third-order valence-electron chi connectivity index (χ3n) is 12.9. The molecule has 0 saturated carbocycles. The first-order valence-corrected chi connectivity index (χ1v) is 21.1. The van der Waals surface area contributed by atoms with Gasteiger partial charge in [0.15, 0.2) is 5.58 Å². The van der Waals surface area contributed by atoms with Gasteiger partial charge in [-0.25, -0.2) is 0 Å². The van der Waals surface area contributed by atoms with E-state index in [-0.39, 0.29) is 28.4 Å². The maximum Gasteiger partial charge on any atom is 0.252 e. The predicted molar refractivity (Wildman–Crippen MR) is 247 cm³/mol. The van der Waals surface area contributed by atoms with Gasteiger partial charge in [0.25, 0.3) is 6.71 Å². The second-order valence-corrected chi connectivity index (χ2v) is 21.2. The SMILES string of the molecule is CC1CC=Cc2c1oc1c3c4c(cc21)N(c1ccc(C(C)(C)C)cc1)c1ccc(C(C)(C)C)cc1B4c1cc(C(C)(C)C)ccc1N3c1ccc(C(C)(C)C)cc1. The second-order valence-electron chi connectivity index (χ2n) is 21.2. The number of anilines is 6. The van der Waals surface area contributed by atoms with Gasteiger partial charge in [-0.05, 0) is 109 Å². The van der Waals surface area contributed by atoms with Gasteiger partial charge >= 0.3 is 0 Å². The van der Waals surface area contributed by atoms with Gasteiger partial charge in [0.05, 0.1) is 5.69 Å². The molecule has 3 aliphatic rings. The first kappa shape index (κ1) is 37.6. The molecule has 1 aromatic heterocycles. The van der Waals surface area contributed by atoms with Crippen LogP contribution < -0.4 is 26.2 Å². The highest BCUT2D eigenvalue weighted by Gasteiger charge is 2.46. The van der Waals surface area contributed by atoms with Crippen molar-refractivity contribution in [2.24, 2.45) is 0 Å². The molecule has 9 rings (SSSR count). The minimum atomic E-state index is -0.0184. The minimum absolute atomic E-state index is 0.000657. The molecule has 6 aromatic rings. The van der Waals surface area contributed by atoms with Crippen molar-refractivity contribution >= 4 is 74.3 Å². The first-order valence-electron chi connectivity index (χ1n) is 21.1. The summed E-state index contributed by atoms with van der Waals surface area (Å²) in [5.74, 6) is 1.39. The summed E-state index contributed by atoms with van der Waals surface area (Å²) in [5.41, 5.74) is 18.8. The van der Waals surface area contributed by atoms with Crippen LogP contribution in [0.4, 0.5) is 34.1 Å². The number of furan rings is 1. The molecule has 0 N–H and O–H groups in total. The third kappa shape index (κ3) is 6.00. The molecule has 0 amide bonds. The molecule has 4 heteroatoms. The maximum atomic E-state index is 7.24. The molecule has 0 fully saturated rings. The molecule has 1 aliphatic carbocycles. The molecule has 3 nitrogen and oxygen atoms in total. The predicted octanol–water partition coefficient (Wildman–Crippen LogP) is 13.2. The largest absolute Gasteiger partial charge is 0.458 e. The number of fused-ring (bicyclic) bond motifs is 8. The fourth-order valence-corrected chi connectivity index (χ4v) is 9.39. The average molecular weight is 751 g/mol. The van der Waals surface area contributed by atoms with Crippen molar-refractivity contribution in [3.63, 3.8) is 0 Å². The fraction of sp³-hybridized carbons (Fsp3) is 0.358. The third-order valence-corrected chi connectivity index (χ3v) is 12.9. The summed E-state index contributed by atoms with van der Waals surface area (Å²) >= 11 is 0. The molecule has 0 bridgehead atoms. The molecule has 1 unspecified atom stereocenters. The average Bonchev–Trinajstić information content (AvgIpc) is 3.52. The summed E-state index contributed by atoms with van der Waals surface area (Å²) in [6, 6.07) is 35.7. The van der Waals surface area contributed by atoms with E-state index in [9.17, 15) is 0 Å². The normalized spacial score (nSPS) is 16.4. The lowest BCUT2D eigenvalue weighted by Gasteiger charge is -2.45. The van der Waals surface area contributed by atoms with E-state index in [1.807, 2.05) is 0 Å². The van der Waals surface area contributed by atoms with E-state index >= 15 is 0 Å². The Morgan fingerprint density at radius 1 is 0.544 bits per heavy atom. The van der Waals surface area contributed by atoms with Gasteiger partial charge in [-0.15, -0.1) is 0 Å². The van der Waals surface area contributed by atoms with Crippen LogP contribution in [-0.2, 0) is 21.7 Å². The van der Waals surface area contributed by atoms with E-state index in [0.29, 0.717) is 5.92 Å². The van der Waals surface area contributed by atoms with Crippen molar-refractivity contribution in [1.29, 1.82) is 0 Å². The van der Waals surface area contributed by atoms with Gasteiger partial charge in [0.2, 0.25) is 0 Å². The number of rotatable bonds is 2. The number of hydrogen-bond acceptors (Lipinski definition) is 3. The molecule has 1 atom stereocenters. The Labute approximate surface area is 341 Å². The molecule has 57 heavy (non-hydrogen) atoms. The van der Waals surface area contributed by atoms with Crippen LogP contribution in [0.2, 0.25) is 0 Å².